The van der Waals surface area contributed by atoms with Crippen molar-refractivity contribution in [3.63, 3.8) is 0 Å². The van der Waals surface area contributed by atoms with Crippen LogP contribution in [0.1, 0.15) is 11.3 Å². The van der Waals surface area contributed by atoms with Gasteiger partial charge in [-0.05, 0) is 48.1 Å². The second-order valence-electron chi connectivity index (χ2n) is 2.04. The maximum atomic E-state index is 4.26. The molecule has 0 radical (unpaired) electrons. The maximum absolute atomic E-state index is 4.26. The molecule has 1 heterocycles. The topological polar surface area (TPSA) is 12.9 Å². The van der Waals surface area contributed by atoms with E-state index >= 15 is 0 Å². The minimum atomic E-state index is 1.07. The van der Waals surface area contributed by atoms with E-state index in [4.69, 9.17) is 0 Å². The third-order valence-electron chi connectivity index (χ3n) is 1.32. The Morgan fingerprint density at radius 2 is 2.00 bits per heavy atom. The van der Waals surface area contributed by atoms with E-state index in [1.807, 2.05) is 13.0 Å². The average molecular weight is 233 g/mol. The minimum absolute atomic E-state index is 1.07. The number of aromatic nitrogens is 1. The summed E-state index contributed by atoms with van der Waals surface area (Å²) in [7, 11) is 0. The molecule has 0 aliphatic carbocycles. The van der Waals surface area contributed by atoms with Gasteiger partial charge in [0.25, 0.3) is 0 Å². The third-order valence-corrected chi connectivity index (χ3v) is 1.92. The molecule has 1 aromatic rings. The molecule has 0 saturated heterocycles. The van der Waals surface area contributed by atoms with Crippen LogP contribution in [0.25, 0.3) is 0 Å². The molecule has 9 heavy (non-hydrogen) atoms. The molecule has 48 valence electrons. The summed E-state index contributed by atoms with van der Waals surface area (Å²) in [5.41, 5.74) is 2.39. The first-order valence-corrected chi connectivity index (χ1v) is 3.88. The Kier molecular flexibility index (Phi) is 2.05. The van der Waals surface area contributed by atoms with Crippen LogP contribution in [0.5, 0.6) is 0 Å². The Labute approximate surface area is 68.6 Å². The molecular formula is C7H8IN. The van der Waals surface area contributed by atoms with E-state index in [0.29, 0.717) is 0 Å². The Morgan fingerprint density at radius 3 is 2.44 bits per heavy atom. The lowest BCUT2D eigenvalue weighted by Gasteiger charge is -1.96. The molecule has 0 aliphatic heterocycles. The van der Waals surface area contributed by atoms with Crippen LogP contribution in [-0.2, 0) is 0 Å². The van der Waals surface area contributed by atoms with Crippen LogP contribution in [0.4, 0.5) is 0 Å². The van der Waals surface area contributed by atoms with Gasteiger partial charge < -0.3 is 0 Å². The van der Waals surface area contributed by atoms with Crippen molar-refractivity contribution in [1.82, 2.24) is 4.98 Å². The van der Waals surface area contributed by atoms with Gasteiger partial charge in [-0.1, -0.05) is 6.07 Å². The number of aryl methyl sites for hydroxylation is 2. The lowest BCUT2D eigenvalue weighted by atomic mass is 10.2. The second-order valence-corrected chi connectivity index (χ2v) is 3.14. The first-order valence-electron chi connectivity index (χ1n) is 2.80. The molecule has 2 heteroatoms. The van der Waals surface area contributed by atoms with Crippen molar-refractivity contribution in [2.45, 2.75) is 13.8 Å². The summed E-state index contributed by atoms with van der Waals surface area (Å²) in [4.78, 5) is 4.26. The average Bonchev–Trinajstić information content (AvgIpc) is 1.80. The van der Waals surface area contributed by atoms with Gasteiger partial charge in [-0.25, -0.2) is 4.98 Å². The van der Waals surface area contributed by atoms with Gasteiger partial charge in [0.15, 0.2) is 0 Å². The molecule has 0 bridgehead atoms. The van der Waals surface area contributed by atoms with E-state index in [1.54, 1.807) is 0 Å². The van der Waals surface area contributed by atoms with Crippen molar-refractivity contribution in [2.75, 3.05) is 0 Å². The molecule has 0 fully saturated rings. The highest BCUT2D eigenvalue weighted by Crippen LogP contribution is 2.05. The SMILES string of the molecule is Cc1ccc(I)nc1C. The van der Waals surface area contributed by atoms with E-state index in [1.165, 1.54) is 5.56 Å². The van der Waals surface area contributed by atoms with E-state index in [-0.39, 0.29) is 0 Å². The molecule has 1 rings (SSSR count). The second kappa shape index (κ2) is 2.64. The molecule has 0 saturated carbocycles. The predicted octanol–water partition coefficient (Wildman–Crippen LogP) is 2.30. The van der Waals surface area contributed by atoms with E-state index in [2.05, 4.69) is 40.6 Å². The van der Waals surface area contributed by atoms with Gasteiger partial charge >= 0.3 is 0 Å². The Hall–Kier alpha value is -0.120. The van der Waals surface area contributed by atoms with Crippen molar-refractivity contribution in [3.8, 4) is 0 Å². The van der Waals surface area contributed by atoms with Gasteiger partial charge in [-0.15, -0.1) is 0 Å². The zero-order valence-corrected chi connectivity index (χ0v) is 7.64. The fraction of sp³-hybridized carbons (Fsp3) is 0.286. The van der Waals surface area contributed by atoms with Crippen molar-refractivity contribution in [3.05, 3.63) is 27.1 Å². The molecule has 0 spiro atoms. The fourth-order valence-corrected chi connectivity index (χ4v) is 1.14. The zero-order chi connectivity index (χ0) is 6.85. The molecule has 0 aromatic carbocycles. The normalized spacial score (nSPS) is 9.67. The van der Waals surface area contributed by atoms with Gasteiger partial charge in [-0.2, -0.15) is 0 Å². The number of rotatable bonds is 0. The highest BCUT2D eigenvalue weighted by molar-refractivity contribution is 14.1. The number of nitrogens with zero attached hydrogens (tertiary/aromatic N) is 1. The highest BCUT2D eigenvalue weighted by Gasteiger charge is 1.91. The summed E-state index contributed by atoms with van der Waals surface area (Å²) in [6.07, 6.45) is 0. The van der Waals surface area contributed by atoms with Crippen molar-refractivity contribution < 1.29 is 0 Å². The van der Waals surface area contributed by atoms with Crippen LogP contribution in [0.3, 0.4) is 0 Å². The smallest absolute Gasteiger partial charge is 0.101 e. The van der Waals surface area contributed by atoms with Crippen molar-refractivity contribution >= 4 is 22.6 Å². The minimum Gasteiger partial charge on any atom is -0.247 e. The first-order chi connectivity index (χ1) is 4.20. The summed E-state index contributed by atoms with van der Waals surface area (Å²) >= 11 is 2.21. The molecule has 0 aliphatic rings. The quantitative estimate of drug-likeness (QED) is 0.495. The molecule has 1 aromatic heterocycles. The van der Waals surface area contributed by atoms with Gasteiger partial charge in [0.05, 0.1) is 0 Å². The molecule has 0 atom stereocenters. The number of pyridine rings is 1. The van der Waals surface area contributed by atoms with Crippen LogP contribution in [0, 0.1) is 17.5 Å². The van der Waals surface area contributed by atoms with Crippen LogP contribution >= 0.6 is 22.6 Å². The molecule has 0 unspecified atom stereocenters. The summed E-state index contributed by atoms with van der Waals surface area (Å²) in [5, 5.41) is 0. The largest absolute Gasteiger partial charge is 0.247 e. The Balaban J connectivity index is 3.17. The lowest BCUT2D eigenvalue weighted by molar-refractivity contribution is 1.12. The van der Waals surface area contributed by atoms with Gasteiger partial charge in [-0.3, -0.25) is 0 Å². The van der Waals surface area contributed by atoms with Gasteiger partial charge in [0, 0.05) is 5.69 Å². The van der Waals surface area contributed by atoms with E-state index in [0.717, 1.165) is 9.39 Å². The van der Waals surface area contributed by atoms with Crippen LogP contribution < -0.4 is 0 Å². The fourth-order valence-electron chi connectivity index (χ4n) is 0.600. The first kappa shape index (κ1) is 6.99. The van der Waals surface area contributed by atoms with Crippen LogP contribution in [0.2, 0.25) is 0 Å². The molecule has 0 amide bonds. The monoisotopic (exact) mass is 233 g/mol. The van der Waals surface area contributed by atoms with Crippen molar-refractivity contribution in [2.24, 2.45) is 0 Å². The summed E-state index contributed by atoms with van der Waals surface area (Å²) in [5.74, 6) is 0. The van der Waals surface area contributed by atoms with E-state index in [9.17, 15) is 0 Å². The van der Waals surface area contributed by atoms with Crippen LogP contribution in [-0.4, -0.2) is 4.98 Å². The maximum Gasteiger partial charge on any atom is 0.101 e. The van der Waals surface area contributed by atoms with Gasteiger partial charge in [0.1, 0.15) is 3.70 Å². The predicted molar refractivity (Wildman–Crippen MR) is 46.4 cm³/mol. The summed E-state index contributed by atoms with van der Waals surface area (Å²) in [6, 6.07) is 4.10. The zero-order valence-electron chi connectivity index (χ0n) is 5.48. The number of hydrogen-bond donors (Lipinski definition) is 0. The highest BCUT2D eigenvalue weighted by atomic mass is 127. The molecule has 0 N–H and O–H groups in total. The number of halogens is 1. The Morgan fingerprint density at radius 1 is 1.33 bits per heavy atom. The summed E-state index contributed by atoms with van der Waals surface area (Å²) in [6.45, 7) is 4.09. The Bertz CT molecular complexity index is 220. The van der Waals surface area contributed by atoms with Gasteiger partial charge in [0.2, 0.25) is 0 Å². The molecule has 1 nitrogen and oxygen atoms in total. The van der Waals surface area contributed by atoms with Crippen LogP contribution in [0.15, 0.2) is 12.1 Å². The van der Waals surface area contributed by atoms with E-state index < -0.39 is 0 Å². The third kappa shape index (κ3) is 1.64. The number of hydrogen-bond acceptors (Lipinski definition) is 1. The standard InChI is InChI=1S/C7H8IN/c1-5-3-4-7(8)9-6(5)2/h3-4H,1-2H3. The summed E-state index contributed by atoms with van der Waals surface area (Å²) < 4.78 is 1.07. The lowest BCUT2D eigenvalue weighted by Crippen LogP contribution is -1.87. The van der Waals surface area contributed by atoms with Crippen molar-refractivity contribution in [1.29, 1.82) is 0 Å². The molecular weight excluding hydrogens is 225 g/mol.